The number of fused-ring (bicyclic) bond motifs is 1. The number of esters is 1. The van der Waals surface area contributed by atoms with Crippen LogP contribution in [0.15, 0.2) is 33.5 Å². The first kappa shape index (κ1) is 24.8. The molecule has 0 spiro atoms. The minimum atomic E-state index is -2.78. The molecule has 0 aliphatic carbocycles. The van der Waals surface area contributed by atoms with Gasteiger partial charge in [0.15, 0.2) is 0 Å². The minimum Gasteiger partial charge on any atom is -0.423 e. The van der Waals surface area contributed by atoms with Gasteiger partial charge in [0.05, 0.1) is 18.8 Å². The fourth-order valence-electron chi connectivity index (χ4n) is 3.69. The number of hydrogen-bond acceptors (Lipinski definition) is 11. The Kier molecular flexibility index (Phi) is 7.17. The molecule has 0 unspecified atom stereocenters. The number of ether oxygens (including phenoxy) is 2. The summed E-state index contributed by atoms with van der Waals surface area (Å²) in [6, 6.07) is 4.16. The van der Waals surface area contributed by atoms with Crippen LogP contribution in [0, 0.1) is 6.92 Å². The monoisotopic (exact) mass is 467 g/mol. The molecule has 1 saturated heterocycles. The fraction of sp³-hybridized carbons (Fsp3) is 0.476. The van der Waals surface area contributed by atoms with Crippen LogP contribution in [0.3, 0.4) is 0 Å². The summed E-state index contributed by atoms with van der Waals surface area (Å²) in [5.74, 6) is -4.87. The van der Waals surface area contributed by atoms with Crippen LogP contribution in [0.2, 0.25) is 0 Å². The predicted molar refractivity (Wildman–Crippen MR) is 110 cm³/mol. The first-order valence-corrected chi connectivity index (χ1v) is 10.0. The maximum absolute atomic E-state index is 12.8. The molecule has 3 rings (SSSR count). The zero-order valence-corrected chi connectivity index (χ0v) is 17.8. The van der Waals surface area contributed by atoms with Crippen molar-refractivity contribution >= 4 is 22.8 Å². The molecular weight excluding hydrogens is 442 g/mol. The highest BCUT2D eigenvalue weighted by atomic mass is 16.7. The van der Waals surface area contributed by atoms with Gasteiger partial charge in [-0.2, -0.15) is 0 Å². The third kappa shape index (κ3) is 5.21. The highest BCUT2D eigenvalue weighted by molar-refractivity contribution is 5.84. The Morgan fingerprint density at radius 1 is 1.30 bits per heavy atom. The van der Waals surface area contributed by atoms with E-state index in [0.717, 1.165) is 6.92 Å². The number of aliphatic hydroxyl groups is 5. The highest BCUT2D eigenvalue weighted by Crippen LogP contribution is 2.32. The zero-order chi connectivity index (χ0) is 24.5. The van der Waals surface area contributed by atoms with Crippen LogP contribution in [0.4, 0.5) is 0 Å². The second-order valence-electron chi connectivity index (χ2n) is 7.90. The van der Waals surface area contributed by atoms with Crippen LogP contribution >= 0.6 is 0 Å². The van der Waals surface area contributed by atoms with Crippen molar-refractivity contribution in [2.24, 2.45) is 0 Å². The van der Waals surface area contributed by atoms with Crippen molar-refractivity contribution in [3.63, 3.8) is 0 Å². The van der Waals surface area contributed by atoms with E-state index in [4.69, 9.17) is 19.0 Å². The second-order valence-corrected chi connectivity index (χ2v) is 7.90. The van der Waals surface area contributed by atoms with Crippen molar-refractivity contribution in [3.8, 4) is 5.75 Å². The number of carbonyl (C=O) groups is 2. The molecule has 0 radical (unpaired) electrons. The zero-order valence-electron chi connectivity index (χ0n) is 17.8. The van der Waals surface area contributed by atoms with Crippen molar-refractivity contribution in [2.45, 2.75) is 56.5 Å². The minimum absolute atomic E-state index is 0.107. The van der Waals surface area contributed by atoms with Crippen LogP contribution in [0.1, 0.15) is 18.9 Å². The van der Waals surface area contributed by atoms with Gasteiger partial charge in [-0.25, -0.2) is 9.59 Å². The molecule has 2 aromatic rings. The molecule has 33 heavy (non-hydrogen) atoms. The number of rotatable bonds is 6. The lowest BCUT2D eigenvalue weighted by Crippen LogP contribution is -2.67. The van der Waals surface area contributed by atoms with Crippen molar-refractivity contribution in [1.82, 2.24) is 5.32 Å². The Bertz CT molecular complexity index is 1100. The predicted octanol–water partition coefficient (Wildman–Crippen LogP) is -1.94. The summed E-state index contributed by atoms with van der Waals surface area (Å²) >= 11 is 0. The lowest BCUT2D eigenvalue weighted by atomic mass is 9.88. The second kappa shape index (κ2) is 9.55. The quantitative estimate of drug-likeness (QED) is 0.157. The smallest absolute Gasteiger partial charge is 0.372 e. The molecule has 1 amide bonds. The first-order valence-electron chi connectivity index (χ1n) is 10.0. The van der Waals surface area contributed by atoms with Gasteiger partial charge in [0.2, 0.25) is 5.91 Å². The van der Waals surface area contributed by atoms with Crippen LogP contribution in [-0.2, 0) is 14.3 Å². The summed E-state index contributed by atoms with van der Waals surface area (Å²) in [6.45, 7) is 1.94. The standard InChI is InChI=1S/C21H25NO11/c1-9-5-16(27)32-15-6-11(3-4-12(9)15)31-20(29)21(30)7-13(25)17(22-10(2)24)19(33-21)18(28)14(26)8-23/h3-6,13-14,17-19,23,25-26,28,30H,7-8H2,1-2H3,(H,22,24)/t13-,14+,17+,18+,19+,21+/m0/s1. The molecule has 0 bridgehead atoms. The normalized spacial score (nSPS) is 27.1. The van der Waals surface area contributed by atoms with Gasteiger partial charge in [-0.05, 0) is 24.6 Å². The Hall–Kier alpha value is -2.87. The average Bonchev–Trinajstić information content (AvgIpc) is 2.73. The number of aliphatic hydroxyl groups excluding tert-OH is 4. The highest BCUT2D eigenvalue weighted by Gasteiger charge is 2.54. The molecule has 1 fully saturated rings. The van der Waals surface area contributed by atoms with E-state index in [1.807, 2.05) is 0 Å². The lowest BCUT2D eigenvalue weighted by molar-refractivity contribution is -0.293. The third-order valence-corrected chi connectivity index (χ3v) is 5.33. The van der Waals surface area contributed by atoms with Crippen molar-refractivity contribution in [3.05, 3.63) is 40.2 Å². The van der Waals surface area contributed by atoms with Gasteiger partial charge in [0.1, 0.15) is 29.6 Å². The van der Waals surface area contributed by atoms with E-state index in [0.29, 0.717) is 10.9 Å². The number of aryl methyl sites for hydroxylation is 1. The molecular formula is C21H25NO11. The Morgan fingerprint density at radius 3 is 2.64 bits per heavy atom. The Labute approximate surface area is 187 Å². The maximum atomic E-state index is 12.8. The Balaban J connectivity index is 1.87. The number of hydrogen-bond donors (Lipinski definition) is 6. The number of amides is 1. The topological polar surface area (TPSA) is 196 Å². The molecule has 6 N–H and O–H groups in total. The number of carbonyl (C=O) groups excluding carboxylic acids is 2. The van der Waals surface area contributed by atoms with Crippen molar-refractivity contribution < 1.29 is 49.0 Å². The maximum Gasteiger partial charge on any atom is 0.372 e. The average molecular weight is 467 g/mol. The van der Waals surface area contributed by atoms with Gasteiger partial charge in [-0.3, -0.25) is 4.79 Å². The van der Waals surface area contributed by atoms with Crippen LogP contribution in [-0.4, -0.2) is 80.3 Å². The van der Waals surface area contributed by atoms with E-state index < -0.39 is 66.8 Å². The fourth-order valence-corrected chi connectivity index (χ4v) is 3.69. The van der Waals surface area contributed by atoms with Gasteiger partial charge in [0, 0.05) is 30.9 Å². The molecule has 180 valence electrons. The SMILES string of the molecule is CC(=O)N[C@H]1[C@H]([C@H](O)[C@H](O)CO)O[C@@](O)(C(=O)Oc2ccc3c(C)cc(=O)oc3c2)C[C@@H]1O. The van der Waals surface area contributed by atoms with Gasteiger partial charge in [-0.1, -0.05) is 0 Å². The first-order chi connectivity index (χ1) is 15.4. The molecule has 12 heteroatoms. The van der Waals surface area contributed by atoms with Gasteiger partial charge < -0.3 is 44.7 Å². The van der Waals surface area contributed by atoms with E-state index in [1.54, 1.807) is 6.92 Å². The summed E-state index contributed by atoms with van der Waals surface area (Å²) in [5, 5.41) is 53.4. The summed E-state index contributed by atoms with van der Waals surface area (Å²) in [5.41, 5.74) is 0.163. The van der Waals surface area contributed by atoms with E-state index >= 15 is 0 Å². The number of benzene rings is 1. The van der Waals surface area contributed by atoms with Gasteiger partial charge in [0.25, 0.3) is 5.79 Å². The van der Waals surface area contributed by atoms with E-state index in [2.05, 4.69) is 5.32 Å². The summed E-state index contributed by atoms with van der Waals surface area (Å²) in [6.07, 6.45) is -7.67. The van der Waals surface area contributed by atoms with Crippen LogP contribution in [0.5, 0.6) is 5.75 Å². The lowest BCUT2D eigenvalue weighted by Gasteiger charge is -2.45. The molecule has 6 atom stereocenters. The molecule has 1 aliphatic rings. The van der Waals surface area contributed by atoms with Crippen molar-refractivity contribution in [2.75, 3.05) is 6.61 Å². The van der Waals surface area contributed by atoms with Crippen LogP contribution < -0.4 is 15.7 Å². The molecule has 2 heterocycles. The largest absolute Gasteiger partial charge is 0.423 e. The number of nitrogens with one attached hydrogen (secondary N) is 1. The molecule has 1 aliphatic heterocycles. The van der Waals surface area contributed by atoms with Gasteiger partial charge >= 0.3 is 11.6 Å². The molecule has 1 aromatic heterocycles. The van der Waals surface area contributed by atoms with Gasteiger partial charge in [-0.15, -0.1) is 0 Å². The third-order valence-electron chi connectivity index (χ3n) is 5.33. The summed E-state index contributed by atoms with van der Waals surface area (Å²) in [7, 11) is 0. The van der Waals surface area contributed by atoms with E-state index in [9.17, 15) is 34.8 Å². The van der Waals surface area contributed by atoms with Crippen LogP contribution in [0.25, 0.3) is 11.0 Å². The molecule has 1 aromatic carbocycles. The summed E-state index contributed by atoms with van der Waals surface area (Å²) in [4.78, 5) is 35.9. The molecule has 0 saturated carbocycles. The molecule has 12 nitrogen and oxygen atoms in total. The van der Waals surface area contributed by atoms with Crippen molar-refractivity contribution in [1.29, 1.82) is 0 Å². The van der Waals surface area contributed by atoms with E-state index in [-0.39, 0.29) is 11.3 Å². The summed E-state index contributed by atoms with van der Waals surface area (Å²) < 4.78 is 15.6. The Morgan fingerprint density at radius 2 is 2.00 bits per heavy atom. The van der Waals surface area contributed by atoms with E-state index in [1.165, 1.54) is 24.3 Å².